The molecule has 0 aliphatic rings. The summed E-state index contributed by atoms with van der Waals surface area (Å²) in [6.07, 6.45) is 1.65. The van der Waals surface area contributed by atoms with Crippen molar-refractivity contribution >= 4 is 35.6 Å². The lowest BCUT2D eigenvalue weighted by Gasteiger charge is -2.04. The van der Waals surface area contributed by atoms with E-state index < -0.39 is 5.97 Å². The van der Waals surface area contributed by atoms with Crippen LogP contribution in [0.5, 0.6) is 0 Å². The van der Waals surface area contributed by atoms with E-state index in [2.05, 4.69) is 9.97 Å². The number of carbonyl (C=O) groups excluding carboxylic acids is 2. The summed E-state index contributed by atoms with van der Waals surface area (Å²) >= 11 is 6.45. The van der Waals surface area contributed by atoms with Crippen molar-refractivity contribution in [2.24, 2.45) is 0 Å². The molecule has 1 rings (SSSR count). The molecule has 0 saturated carbocycles. The Bertz CT molecular complexity index is 372. The highest BCUT2D eigenvalue weighted by atomic mass is 35.5. The zero-order valence-electron chi connectivity index (χ0n) is 6.77. The quantitative estimate of drug-likeness (QED) is 0.405. The molecule has 74 valence electrons. The highest BCUT2D eigenvalue weighted by molar-refractivity contribution is 7.99. The topological polar surface area (TPSA) is 83.0 Å². The van der Waals surface area contributed by atoms with Crippen LogP contribution in [-0.2, 0) is 4.79 Å². The van der Waals surface area contributed by atoms with Gasteiger partial charge in [0, 0.05) is 5.75 Å². The Balaban J connectivity index is 2.90. The maximum absolute atomic E-state index is 10.6. The largest absolute Gasteiger partial charge is 0.549 e. The third-order valence-electron chi connectivity index (χ3n) is 1.24. The van der Waals surface area contributed by atoms with Gasteiger partial charge < -0.3 is 9.90 Å². The van der Waals surface area contributed by atoms with Crippen LogP contribution in [0.4, 0.5) is 0 Å². The van der Waals surface area contributed by atoms with Crippen LogP contribution in [0.2, 0.25) is 5.15 Å². The summed E-state index contributed by atoms with van der Waals surface area (Å²) in [4.78, 5) is 28.0. The van der Waals surface area contributed by atoms with Crippen molar-refractivity contribution in [3.05, 3.63) is 17.0 Å². The number of aldehydes is 1. The molecule has 7 heteroatoms. The first-order chi connectivity index (χ1) is 6.65. The smallest absolute Gasteiger partial charge is 0.155 e. The molecule has 0 aliphatic heterocycles. The van der Waals surface area contributed by atoms with Crippen LogP contribution in [0.3, 0.4) is 0 Å². The Hall–Kier alpha value is -1.14. The van der Waals surface area contributed by atoms with Crippen molar-refractivity contribution in [2.45, 2.75) is 5.03 Å². The lowest BCUT2D eigenvalue weighted by Crippen LogP contribution is -2.24. The average molecular weight is 232 g/mol. The molecule has 0 atom stereocenters. The van der Waals surface area contributed by atoms with Gasteiger partial charge in [0.25, 0.3) is 0 Å². The minimum absolute atomic E-state index is 0.0100. The van der Waals surface area contributed by atoms with Crippen molar-refractivity contribution in [2.75, 3.05) is 5.75 Å². The van der Waals surface area contributed by atoms with Crippen LogP contribution in [0, 0.1) is 0 Å². The van der Waals surface area contributed by atoms with Gasteiger partial charge in [0.2, 0.25) is 0 Å². The second kappa shape index (κ2) is 4.92. The lowest BCUT2D eigenvalue weighted by molar-refractivity contribution is -0.301. The molecule has 0 spiro atoms. The Morgan fingerprint density at radius 3 is 2.93 bits per heavy atom. The number of nitrogens with zero attached hydrogens (tertiary/aromatic N) is 2. The third-order valence-corrected chi connectivity index (χ3v) is 2.52. The number of rotatable bonds is 4. The lowest BCUT2D eigenvalue weighted by atomic mass is 10.4. The second-order valence-corrected chi connectivity index (χ2v) is 3.48. The van der Waals surface area contributed by atoms with Gasteiger partial charge in [-0.3, -0.25) is 4.79 Å². The Labute approximate surface area is 88.5 Å². The van der Waals surface area contributed by atoms with Crippen LogP contribution >= 0.6 is 23.4 Å². The number of carbonyl (C=O) groups is 2. The number of carboxylic acid groups (broad SMARTS) is 1. The fraction of sp³-hybridized carbons (Fsp3) is 0.143. The summed E-state index contributed by atoms with van der Waals surface area (Å²) in [5, 5.41) is 10.4. The minimum atomic E-state index is -1.23. The van der Waals surface area contributed by atoms with Crippen molar-refractivity contribution in [1.29, 1.82) is 0 Å². The predicted molar refractivity (Wildman–Crippen MR) is 48.2 cm³/mol. The number of aromatic nitrogens is 2. The van der Waals surface area contributed by atoms with E-state index in [-0.39, 0.29) is 21.5 Å². The highest BCUT2D eigenvalue weighted by Crippen LogP contribution is 2.22. The molecular formula is C7H4ClN2O3S-. The second-order valence-electron chi connectivity index (χ2n) is 2.16. The average Bonchev–Trinajstić information content (AvgIpc) is 2.14. The number of carboxylic acids is 1. The number of hydrogen-bond donors (Lipinski definition) is 0. The molecule has 0 bridgehead atoms. The first-order valence-corrected chi connectivity index (χ1v) is 4.80. The van der Waals surface area contributed by atoms with Gasteiger partial charge in [0.1, 0.15) is 16.5 Å². The van der Waals surface area contributed by atoms with Crippen LogP contribution in [-0.4, -0.2) is 28.0 Å². The SMILES string of the molecule is O=Cc1c(Cl)ncnc1SCC(=O)[O-]. The minimum Gasteiger partial charge on any atom is -0.549 e. The predicted octanol–water partition coefficient (Wildman–Crippen LogP) is -0.216. The maximum Gasteiger partial charge on any atom is 0.155 e. The summed E-state index contributed by atoms with van der Waals surface area (Å²) in [6, 6.07) is 0. The Morgan fingerprint density at radius 2 is 2.36 bits per heavy atom. The molecule has 0 saturated heterocycles. The summed E-state index contributed by atoms with van der Waals surface area (Å²) in [6.45, 7) is 0. The molecule has 0 radical (unpaired) electrons. The number of thioether (sulfide) groups is 1. The molecule has 0 aromatic carbocycles. The van der Waals surface area contributed by atoms with E-state index in [4.69, 9.17) is 11.6 Å². The third kappa shape index (κ3) is 2.68. The van der Waals surface area contributed by atoms with Gasteiger partial charge in [-0.1, -0.05) is 23.4 Å². The van der Waals surface area contributed by atoms with Gasteiger partial charge in [-0.2, -0.15) is 0 Å². The van der Waals surface area contributed by atoms with Gasteiger partial charge in [0.05, 0.1) is 11.5 Å². The molecule has 1 heterocycles. The summed E-state index contributed by atoms with van der Waals surface area (Å²) < 4.78 is 0. The fourth-order valence-electron chi connectivity index (χ4n) is 0.701. The molecule has 1 aromatic heterocycles. The fourth-order valence-corrected chi connectivity index (χ4v) is 1.61. The van der Waals surface area contributed by atoms with Gasteiger partial charge in [0.15, 0.2) is 6.29 Å². The van der Waals surface area contributed by atoms with E-state index in [0.29, 0.717) is 6.29 Å². The molecular weight excluding hydrogens is 228 g/mol. The van der Waals surface area contributed by atoms with Crippen molar-refractivity contribution in [3.8, 4) is 0 Å². The zero-order valence-corrected chi connectivity index (χ0v) is 8.34. The molecule has 0 amide bonds. The van der Waals surface area contributed by atoms with E-state index in [1.165, 1.54) is 0 Å². The molecule has 0 unspecified atom stereocenters. The first kappa shape index (κ1) is 10.9. The van der Waals surface area contributed by atoms with E-state index in [1.807, 2.05) is 0 Å². The van der Waals surface area contributed by atoms with Crippen molar-refractivity contribution < 1.29 is 14.7 Å². The van der Waals surface area contributed by atoms with E-state index >= 15 is 0 Å². The van der Waals surface area contributed by atoms with Gasteiger partial charge in [-0.15, -0.1) is 0 Å². The van der Waals surface area contributed by atoms with Gasteiger partial charge in [-0.05, 0) is 0 Å². The van der Waals surface area contributed by atoms with E-state index in [0.717, 1.165) is 18.1 Å². The highest BCUT2D eigenvalue weighted by Gasteiger charge is 2.08. The Morgan fingerprint density at radius 1 is 1.64 bits per heavy atom. The van der Waals surface area contributed by atoms with Gasteiger partial charge in [-0.25, -0.2) is 9.97 Å². The van der Waals surface area contributed by atoms with Crippen LogP contribution in [0.1, 0.15) is 10.4 Å². The number of aliphatic carboxylic acids is 1. The van der Waals surface area contributed by atoms with Crippen molar-refractivity contribution in [3.63, 3.8) is 0 Å². The monoisotopic (exact) mass is 231 g/mol. The van der Waals surface area contributed by atoms with Crippen LogP contribution in [0.25, 0.3) is 0 Å². The maximum atomic E-state index is 10.6. The molecule has 14 heavy (non-hydrogen) atoms. The summed E-state index contributed by atoms with van der Waals surface area (Å²) in [5.74, 6) is -1.52. The normalized spacial score (nSPS) is 9.79. The van der Waals surface area contributed by atoms with E-state index in [1.54, 1.807) is 0 Å². The number of halogens is 1. The first-order valence-electron chi connectivity index (χ1n) is 3.43. The molecule has 0 N–H and O–H groups in total. The zero-order chi connectivity index (χ0) is 10.6. The van der Waals surface area contributed by atoms with E-state index in [9.17, 15) is 14.7 Å². The summed E-state index contributed by atoms with van der Waals surface area (Å²) in [7, 11) is 0. The van der Waals surface area contributed by atoms with Crippen LogP contribution in [0.15, 0.2) is 11.4 Å². The molecule has 5 nitrogen and oxygen atoms in total. The summed E-state index contributed by atoms with van der Waals surface area (Å²) in [5.41, 5.74) is 0.0976. The molecule has 0 fully saturated rings. The molecule has 0 aliphatic carbocycles. The van der Waals surface area contributed by atoms with Gasteiger partial charge >= 0.3 is 0 Å². The Kier molecular flexibility index (Phi) is 3.84. The molecule has 1 aromatic rings. The number of hydrogen-bond acceptors (Lipinski definition) is 6. The van der Waals surface area contributed by atoms with Crippen LogP contribution < -0.4 is 5.11 Å². The standard InChI is InChI=1S/C7H5ClN2O3S/c8-6-4(1-11)7(10-3-9-6)14-2-5(12)13/h1,3H,2H2,(H,12,13)/p-1. The van der Waals surface area contributed by atoms with Crippen molar-refractivity contribution in [1.82, 2.24) is 9.97 Å².